The number of methoxy groups -OCH3 is 1. The molecule has 0 spiro atoms. The van der Waals surface area contributed by atoms with Crippen LogP contribution in [0.1, 0.15) is 35.6 Å². The molecule has 24 heavy (non-hydrogen) atoms. The molecule has 0 radical (unpaired) electrons. The van der Waals surface area contributed by atoms with Crippen molar-refractivity contribution in [3.63, 3.8) is 0 Å². The zero-order chi connectivity index (χ0) is 17.9. The van der Waals surface area contributed by atoms with Gasteiger partial charge in [0.15, 0.2) is 0 Å². The van der Waals surface area contributed by atoms with E-state index in [4.69, 9.17) is 4.74 Å². The third-order valence-electron chi connectivity index (χ3n) is 4.00. The lowest BCUT2D eigenvalue weighted by atomic mass is 10.0. The predicted octanol–water partition coefficient (Wildman–Crippen LogP) is 2.24. The Morgan fingerprint density at radius 3 is 2.54 bits per heavy atom. The summed E-state index contributed by atoms with van der Waals surface area (Å²) in [4.78, 5) is 12.5. The number of amides is 1. The number of hydrogen-bond donors (Lipinski definition) is 2. The first-order chi connectivity index (χ1) is 11.4. The Morgan fingerprint density at radius 2 is 2.04 bits per heavy atom. The number of hydrogen-bond acceptors (Lipinski definition) is 4. The Morgan fingerprint density at radius 1 is 1.33 bits per heavy atom. The van der Waals surface area contributed by atoms with Gasteiger partial charge in [0.2, 0.25) is 0 Å². The molecule has 1 aromatic carbocycles. The molecule has 0 fully saturated rings. The van der Waals surface area contributed by atoms with Gasteiger partial charge in [-0.25, -0.2) is 4.68 Å². The van der Waals surface area contributed by atoms with E-state index in [2.05, 4.69) is 10.4 Å². The lowest BCUT2D eigenvalue weighted by Crippen LogP contribution is -2.41. The van der Waals surface area contributed by atoms with Gasteiger partial charge in [0.25, 0.3) is 5.91 Å². The van der Waals surface area contributed by atoms with Gasteiger partial charge in [-0.05, 0) is 44.0 Å². The van der Waals surface area contributed by atoms with E-state index in [1.54, 1.807) is 30.0 Å². The van der Waals surface area contributed by atoms with Gasteiger partial charge in [0, 0.05) is 11.3 Å². The molecule has 0 bridgehead atoms. The van der Waals surface area contributed by atoms with Crippen molar-refractivity contribution in [2.45, 2.75) is 33.7 Å². The van der Waals surface area contributed by atoms with Crippen molar-refractivity contribution in [2.75, 3.05) is 13.7 Å². The van der Waals surface area contributed by atoms with Gasteiger partial charge >= 0.3 is 0 Å². The maximum atomic E-state index is 12.5. The van der Waals surface area contributed by atoms with E-state index in [1.165, 1.54) is 0 Å². The van der Waals surface area contributed by atoms with E-state index >= 15 is 0 Å². The topological polar surface area (TPSA) is 76.4 Å². The number of rotatable bonds is 6. The van der Waals surface area contributed by atoms with Crippen LogP contribution < -0.4 is 10.1 Å². The highest BCUT2D eigenvalue weighted by Gasteiger charge is 2.18. The number of aromatic nitrogens is 2. The third kappa shape index (κ3) is 3.76. The van der Waals surface area contributed by atoms with Gasteiger partial charge < -0.3 is 15.2 Å². The van der Waals surface area contributed by atoms with Crippen molar-refractivity contribution < 1.29 is 14.6 Å². The molecule has 0 aliphatic heterocycles. The predicted molar refractivity (Wildman–Crippen MR) is 92.8 cm³/mol. The number of nitrogens with one attached hydrogen (secondary N) is 1. The Balaban J connectivity index is 2.38. The Bertz CT molecular complexity index is 722. The van der Waals surface area contributed by atoms with E-state index in [1.807, 2.05) is 33.8 Å². The second-order valence-electron chi connectivity index (χ2n) is 6.23. The van der Waals surface area contributed by atoms with Gasteiger partial charge in [0.1, 0.15) is 11.4 Å². The standard InChI is InChI=1S/C18H25N3O3/c1-11(2)15(10-22)19-18(23)14-6-7-17(24-5)16(9-14)21-13(4)8-12(3)20-21/h6-9,11,15,22H,10H2,1-5H3,(H,19,23). The normalized spacial score (nSPS) is 12.3. The minimum Gasteiger partial charge on any atom is -0.494 e. The molecule has 1 aromatic heterocycles. The molecule has 6 heteroatoms. The Labute approximate surface area is 142 Å². The summed E-state index contributed by atoms with van der Waals surface area (Å²) in [5.41, 5.74) is 3.06. The number of aryl methyl sites for hydroxylation is 2. The highest BCUT2D eigenvalue weighted by atomic mass is 16.5. The second kappa shape index (κ2) is 7.49. The molecule has 6 nitrogen and oxygen atoms in total. The molecule has 1 unspecified atom stereocenters. The van der Waals surface area contributed by atoms with Crippen LogP contribution in [0.3, 0.4) is 0 Å². The van der Waals surface area contributed by atoms with Gasteiger partial charge in [-0.3, -0.25) is 4.79 Å². The maximum absolute atomic E-state index is 12.5. The van der Waals surface area contributed by atoms with E-state index in [9.17, 15) is 9.90 Å². The number of aliphatic hydroxyl groups excluding tert-OH is 1. The monoisotopic (exact) mass is 331 g/mol. The molecule has 0 aliphatic carbocycles. The highest BCUT2D eigenvalue weighted by molar-refractivity contribution is 5.95. The highest BCUT2D eigenvalue weighted by Crippen LogP contribution is 2.25. The molecule has 1 atom stereocenters. The second-order valence-corrected chi connectivity index (χ2v) is 6.23. The summed E-state index contributed by atoms with van der Waals surface area (Å²) in [5.74, 6) is 0.557. The molecule has 2 N–H and O–H groups in total. The minimum absolute atomic E-state index is 0.0934. The van der Waals surface area contributed by atoms with Crippen molar-refractivity contribution in [2.24, 2.45) is 5.92 Å². The summed E-state index contributed by atoms with van der Waals surface area (Å²) in [6.07, 6.45) is 0. The van der Waals surface area contributed by atoms with E-state index in [0.29, 0.717) is 17.0 Å². The summed E-state index contributed by atoms with van der Waals surface area (Å²) in [7, 11) is 1.59. The zero-order valence-electron chi connectivity index (χ0n) is 14.8. The summed E-state index contributed by atoms with van der Waals surface area (Å²) < 4.78 is 7.17. The Hall–Kier alpha value is -2.34. The number of aliphatic hydroxyl groups is 1. The van der Waals surface area contributed by atoms with Crippen LogP contribution in [0.4, 0.5) is 0 Å². The van der Waals surface area contributed by atoms with Crippen LogP contribution in [0.25, 0.3) is 5.69 Å². The summed E-state index contributed by atoms with van der Waals surface area (Å²) in [5, 5.41) is 16.7. The van der Waals surface area contributed by atoms with Crippen molar-refractivity contribution in [3.8, 4) is 11.4 Å². The van der Waals surface area contributed by atoms with Crippen LogP contribution in [0.2, 0.25) is 0 Å². The van der Waals surface area contributed by atoms with Crippen molar-refractivity contribution in [1.29, 1.82) is 0 Å². The van der Waals surface area contributed by atoms with Crippen molar-refractivity contribution in [3.05, 3.63) is 41.2 Å². The van der Waals surface area contributed by atoms with Crippen molar-refractivity contribution in [1.82, 2.24) is 15.1 Å². The fraction of sp³-hybridized carbons (Fsp3) is 0.444. The molecule has 0 aliphatic rings. The molecule has 1 heterocycles. The SMILES string of the molecule is COc1ccc(C(=O)NC(CO)C(C)C)cc1-n1nc(C)cc1C. The molecule has 130 valence electrons. The summed E-state index contributed by atoms with van der Waals surface area (Å²) in [6, 6.07) is 6.90. The fourth-order valence-electron chi connectivity index (χ4n) is 2.54. The maximum Gasteiger partial charge on any atom is 0.251 e. The number of nitrogens with zero attached hydrogens (tertiary/aromatic N) is 2. The molecule has 2 aromatic rings. The zero-order valence-corrected chi connectivity index (χ0v) is 14.8. The molecule has 1 amide bonds. The molecular formula is C18H25N3O3. The summed E-state index contributed by atoms with van der Waals surface area (Å²) in [6.45, 7) is 7.69. The number of carbonyl (C=O) groups excluding carboxylic acids is 1. The quantitative estimate of drug-likeness (QED) is 0.851. The van der Waals surface area contributed by atoms with Gasteiger partial charge in [0.05, 0.1) is 25.5 Å². The first-order valence-electron chi connectivity index (χ1n) is 8.00. The number of benzene rings is 1. The first kappa shape index (κ1) is 18.0. The first-order valence-corrected chi connectivity index (χ1v) is 8.00. The van der Waals surface area contributed by atoms with Crippen LogP contribution in [0, 0.1) is 19.8 Å². The number of ether oxygens (including phenoxy) is 1. The smallest absolute Gasteiger partial charge is 0.251 e. The van der Waals surface area contributed by atoms with Crippen LogP contribution in [-0.2, 0) is 0 Å². The van der Waals surface area contributed by atoms with E-state index in [-0.39, 0.29) is 24.5 Å². The average molecular weight is 331 g/mol. The van der Waals surface area contributed by atoms with Crippen LogP contribution in [-0.4, -0.2) is 40.6 Å². The van der Waals surface area contributed by atoms with Gasteiger partial charge in [-0.2, -0.15) is 5.10 Å². The van der Waals surface area contributed by atoms with Crippen LogP contribution in [0.15, 0.2) is 24.3 Å². The lowest BCUT2D eigenvalue weighted by molar-refractivity contribution is 0.0897. The average Bonchev–Trinajstić information content (AvgIpc) is 2.89. The van der Waals surface area contributed by atoms with E-state index < -0.39 is 0 Å². The van der Waals surface area contributed by atoms with Gasteiger partial charge in [-0.1, -0.05) is 13.8 Å². The lowest BCUT2D eigenvalue weighted by Gasteiger charge is -2.20. The fourth-order valence-corrected chi connectivity index (χ4v) is 2.54. The van der Waals surface area contributed by atoms with Crippen molar-refractivity contribution >= 4 is 5.91 Å². The Kier molecular flexibility index (Phi) is 5.62. The largest absolute Gasteiger partial charge is 0.494 e. The number of carbonyl (C=O) groups is 1. The van der Waals surface area contributed by atoms with Gasteiger partial charge in [-0.15, -0.1) is 0 Å². The van der Waals surface area contributed by atoms with Crippen LogP contribution in [0.5, 0.6) is 5.75 Å². The van der Waals surface area contributed by atoms with E-state index in [0.717, 1.165) is 11.4 Å². The molecular weight excluding hydrogens is 306 g/mol. The molecule has 2 rings (SSSR count). The third-order valence-corrected chi connectivity index (χ3v) is 4.00. The molecule has 0 saturated heterocycles. The minimum atomic E-state index is -0.281. The molecule has 0 saturated carbocycles. The summed E-state index contributed by atoms with van der Waals surface area (Å²) >= 11 is 0. The van der Waals surface area contributed by atoms with Crippen LogP contribution >= 0.6 is 0 Å².